The molecule has 0 aliphatic rings. The summed E-state index contributed by atoms with van der Waals surface area (Å²) >= 11 is 4.94. The van der Waals surface area contributed by atoms with Crippen molar-refractivity contribution >= 4 is 33.2 Å². The van der Waals surface area contributed by atoms with Crippen molar-refractivity contribution in [2.45, 2.75) is 19.4 Å². The average Bonchev–Trinajstić information content (AvgIpc) is 2.31. The Labute approximate surface area is 88.7 Å². The van der Waals surface area contributed by atoms with Gasteiger partial charge < -0.3 is 10.8 Å². The van der Waals surface area contributed by atoms with Gasteiger partial charge in [0.15, 0.2) is 0 Å². The molecular formula is C8H10BrNO2S. The molecule has 0 bridgehead atoms. The summed E-state index contributed by atoms with van der Waals surface area (Å²) in [5.74, 6) is -0.956. The number of aliphatic carboxylic acids is 1. The number of hydrogen-bond donors (Lipinski definition) is 2. The Kier molecular flexibility index (Phi) is 3.47. The van der Waals surface area contributed by atoms with Crippen LogP contribution in [0.15, 0.2) is 10.5 Å². The van der Waals surface area contributed by atoms with Crippen molar-refractivity contribution in [3.8, 4) is 0 Å². The zero-order valence-electron chi connectivity index (χ0n) is 7.08. The number of rotatable bonds is 3. The Hall–Kier alpha value is -0.390. The van der Waals surface area contributed by atoms with Crippen LogP contribution in [0, 0.1) is 6.92 Å². The Balaban J connectivity index is 2.69. The van der Waals surface area contributed by atoms with E-state index in [9.17, 15) is 4.79 Å². The van der Waals surface area contributed by atoms with Gasteiger partial charge in [-0.15, -0.1) is 11.3 Å². The van der Waals surface area contributed by atoms with E-state index in [4.69, 9.17) is 10.8 Å². The molecule has 1 heterocycles. The first-order valence-electron chi connectivity index (χ1n) is 3.74. The number of nitrogens with two attached hydrogens (primary N) is 1. The third-order valence-corrected chi connectivity index (χ3v) is 3.81. The molecule has 1 aromatic rings. The molecule has 0 aliphatic carbocycles. The number of carboxylic acids is 1. The van der Waals surface area contributed by atoms with Crippen molar-refractivity contribution in [3.05, 3.63) is 20.3 Å². The molecule has 13 heavy (non-hydrogen) atoms. The van der Waals surface area contributed by atoms with E-state index in [-0.39, 0.29) is 0 Å². The second-order valence-electron chi connectivity index (χ2n) is 2.77. The summed E-state index contributed by atoms with van der Waals surface area (Å²) in [6.07, 6.45) is 0.395. The highest BCUT2D eigenvalue weighted by Crippen LogP contribution is 2.26. The molecule has 1 aromatic heterocycles. The fraction of sp³-hybridized carbons (Fsp3) is 0.375. The first-order valence-corrected chi connectivity index (χ1v) is 5.35. The lowest BCUT2D eigenvalue weighted by Crippen LogP contribution is -2.31. The lowest BCUT2D eigenvalue weighted by atomic mass is 10.2. The molecule has 0 spiro atoms. The van der Waals surface area contributed by atoms with Crippen molar-refractivity contribution < 1.29 is 9.90 Å². The maximum atomic E-state index is 10.5. The van der Waals surface area contributed by atoms with Gasteiger partial charge in [0.25, 0.3) is 0 Å². The molecule has 0 fully saturated rings. The predicted octanol–water partition coefficient (Wildman–Crippen LogP) is 1.77. The van der Waals surface area contributed by atoms with E-state index in [0.717, 1.165) is 14.2 Å². The van der Waals surface area contributed by atoms with E-state index in [1.165, 1.54) is 0 Å². The van der Waals surface area contributed by atoms with Gasteiger partial charge in [-0.05, 0) is 28.9 Å². The lowest BCUT2D eigenvalue weighted by Gasteiger charge is -2.02. The van der Waals surface area contributed by atoms with Crippen LogP contribution in [0.3, 0.4) is 0 Å². The van der Waals surface area contributed by atoms with Gasteiger partial charge in [-0.25, -0.2) is 0 Å². The molecule has 72 valence electrons. The van der Waals surface area contributed by atoms with Crippen molar-refractivity contribution in [3.63, 3.8) is 0 Å². The third-order valence-electron chi connectivity index (χ3n) is 1.65. The number of thiophene rings is 1. The van der Waals surface area contributed by atoms with E-state index in [1.807, 2.05) is 13.0 Å². The molecule has 0 amide bonds. The van der Waals surface area contributed by atoms with Gasteiger partial charge in [0.2, 0.25) is 0 Å². The van der Waals surface area contributed by atoms with Crippen LogP contribution in [-0.4, -0.2) is 17.1 Å². The molecule has 0 saturated carbocycles. The first kappa shape index (κ1) is 10.7. The van der Waals surface area contributed by atoms with Gasteiger partial charge >= 0.3 is 5.97 Å². The van der Waals surface area contributed by atoms with Crippen LogP contribution in [0.4, 0.5) is 0 Å². The van der Waals surface area contributed by atoms with Gasteiger partial charge in [-0.2, -0.15) is 0 Å². The number of halogens is 1. The fourth-order valence-corrected chi connectivity index (χ4v) is 2.58. The Morgan fingerprint density at radius 3 is 2.85 bits per heavy atom. The standard InChI is InChI=1S/C8H10BrNO2S/c1-4-6(9)2-5(13-4)3-7(10)8(11)12/h2,7H,3,10H2,1H3,(H,11,12). The lowest BCUT2D eigenvalue weighted by molar-refractivity contribution is -0.138. The number of aryl methyl sites for hydroxylation is 1. The summed E-state index contributed by atoms with van der Waals surface area (Å²) in [5.41, 5.74) is 5.40. The smallest absolute Gasteiger partial charge is 0.320 e. The summed E-state index contributed by atoms with van der Waals surface area (Å²) in [7, 11) is 0. The van der Waals surface area contributed by atoms with E-state index >= 15 is 0 Å². The zero-order valence-corrected chi connectivity index (χ0v) is 9.48. The summed E-state index contributed by atoms with van der Waals surface area (Å²) in [4.78, 5) is 12.6. The van der Waals surface area contributed by atoms with E-state index in [1.54, 1.807) is 11.3 Å². The van der Waals surface area contributed by atoms with Crippen molar-refractivity contribution in [2.24, 2.45) is 5.73 Å². The molecule has 1 atom stereocenters. The van der Waals surface area contributed by atoms with Gasteiger partial charge in [-0.3, -0.25) is 4.79 Å². The highest BCUT2D eigenvalue weighted by Gasteiger charge is 2.14. The van der Waals surface area contributed by atoms with Gasteiger partial charge in [0.1, 0.15) is 6.04 Å². The summed E-state index contributed by atoms with van der Waals surface area (Å²) < 4.78 is 1.02. The molecule has 3 nitrogen and oxygen atoms in total. The molecule has 1 unspecified atom stereocenters. The highest BCUT2D eigenvalue weighted by atomic mass is 79.9. The molecule has 0 aromatic carbocycles. The zero-order chi connectivity index (χ0) is 10.0. The topological polar surface area (TPSA) is 63.3 Å². The minimum Gasteiger partial charge on any atom is -0.480 e. The van der Waals surface area contributed by atoms with Gasteiger partial charge in [0.05, 0.1) is 0 Å². The molecule has 0 radical (unpaired) electrons. The normalized spacial score (nSPS) is 12.8. The van der Waals surface area contributed by atoms with Crippen molar-refractivity contribution in [1.82, 2.24) is 0 Å². The number of carboxylic acid groups (broad SMARTS) is 1. The third kappa shape index (κ3) is 2.79. The van der Waals surface area contributed by atoms with Crippen LogP contribution >= 0.6 is 27.3 Å². The van der Waals surface area contributed by atoms with Gasteiger partial charge in [0, 0.05) is 20.6 Å². The number of carbonyl (C=O) groups is 1. The first-order chi connectivity index (χ1) is 6.00. The van der Waals surface area contributed by atoms with E-state index in [0.29, 0.717) is 6.42 Å². The molecular weight excluding hydrogens is 254 g/mol. The minimum atomic E-state index is -0.956. The van der Waals surface area contributed by atoms with E-state index < -0.39 is 12.0 Å². The quantitative estimate of drug-likeness (QED) is 0.874. The van der Waals surface area contributed by atoms with Crippen LogP contribution in [0.1, 0.15) is 9.75 Å². The molecule has 0 aliphatic heterocycles. The van der Waals surface area contributed by atoms with Crippen molar-refractivity contribution in [1.29, 1.82) is 0 Å². The second kappa shape index (κ2) is 4.21. The molecule has 5 heteroatoms. The van der Waals surface area contributed by atoms with Crippen LogP contribution in [0.25, 0.3) is 0 Å². The van der Waals surface area contributed by atoms with E-state index in [2.05, 4.69) is 15.9 Å². The molecule has 1 rings (SSSR count). The average molecular weight is 264 g/mol. The number of hydrogen-bond acceptors (Lipinski definition) is 3. The van der Waals surface area contributed by atoms with Crippen LogP contribution < -0.4 is 5.73 Å². The second-order valence-corrected chi connectivity index (χ2v) is 4.96. The largest absolute Gasteiger partial charge is 0.480 e. The predicted molar refractivity (Wildman–Crippen MR) is 56.1 cm³/mol. The Morgan fingerprint density at radius 1 is 1.85 bits per heavy atom. The monoisotopic (exact) mass is 263 g/mol. The minimum absolute atomic E-state index is 0.395. The van der Waals surface area contributed by atoms with Crippen LogP contribution in [0.2, 0.25) is 0 Å². The maximum Gasteiger partial charge on any atom is 0.320 e. The summed E-state index contributed by atoms with van der Waals surface area (Å²) in [6.45, 7) is 1.98. The SMILES string of the molecule is Cc1sc(CC(N)C(=O)O)cc1Br. The highest BCUT2D eigenvalue weighted by molar-refractivity contribution is 9.10. The fourth-order valence-electron chi connectivity index (χ4n) is 0.922. The summed E-state index contributed by atoms with van der Waals surface area (Å²) in [6, 6.07) is 1.12. The Morgan fingerprint density at radius 2 is 2.46 bits per heavy atom. The van der Waals surface area contributed by atoms with Crippen LogP contribution in [0.5, 0.6) is 0 Å². The Bertz CT molecular complexity index is 304. The maximum absolute atomic E-state index is 10.5. The summed E-state index contributed by atoms with van der Waals surface area (Å²) in [5, 5.41) is 8.59. The van der Waals surface area contributed by atoms with Crippen LogP contribution in [-0.2, 0) is 11.2 Å². The van der Waals surface area contributed by atoms with Crippen molar-refractivity contribution in [2.75, 3.05) is 0 Å². The van der Waals surface area contributed by atoms with Gasteiger partial charge in [-0.1, -0.05) is 0 Å². The molecule has 0 saturated heterocycles. The molecule has 3 N–H and O–H groups in total.